The molecule has 6 nitrogen and oxygen atoms in total. The summed E-state index contributed by atoms with van der Waals surface area (Å²) in [5.41, 5.74) is 0.961. The lowest BCUT2D eigenvalue weighted by atomic mass is 9.99. The Morgan fingerprint density at radius 3 is 2.27 bits per heavy atom. The quantitative estimate of drug-likeness (QED) is 0.918. The van der Waals surface area contributed by atoms with Crippen LogP contribution in [-0.2, 0) is 14.8 Å². The first-order chi connectivity index (χ1) is 10.1. The third-order valence-corrected chi connectivity index (χ3v) is 4.95. The van der Waals surface area contributed by atoms with Crippen molar-refractivity contribution in [3.8, 4) is 0 Å². The Morgan fingerprint density at radius 1 is 1.23 bits per heavy atom. The van der Waals surface area contributed by atoms with E-state index in [-0.39, 0.29) is 16.5 Å². The minimum absolute atomic E-state index is 0.0182. The Labute approximate surface area is 131 Å². The average molecular weight is 326 g/mol. The van der Waals surface area contributed by atoms with Crippen LogP contribution in [0.25, 0.3) is 0 Å². The summed E-state index contributed by atoms with van der Waals surface area (Å²) in [5, 5.41) is 0. The Kier molecular flexibility index (Phi) is 4.49. The van der Waals surface area contributed by atoms with Crippen molar-refractivity contribution in [2.24, 2.45) is 0 Å². The Balaban J connectivity index is 1.89. The lowest BCUT2D eigenvalue weighted by molar-refractivity contribution is -0.0546. The summed E-state index contributed by atoms with van der Waals surface area (Å²) < 4.78 is 31.1. The predicted molar refractivity (Wildman–Crippen MR) is 83.1 cm³/mol. The van der Waals surface area contributed by atoms with E-state index in [0.29, 0.717) is 13.1 Å². The summed E-state index contributed by atoms with van der Waals surface area (Å²) in [6.45, 7) is 9.31. The standard InChI is InChI=1S/C15H22N2O4S/c1-11-5-7-13(8-6-11)22(19,20)16-14(18)21-12-9-17(10-12)15(2,3)4/h5-8,12H,9-10H2,1-4H3,(H,16,18). The van der Waals surface area contributed by atoms with E-state index in [1.807, 2.05) is 11.6 Å². The second kappa shape index (κ2) is 5.89. The van der Waals surface area contributed by atoms with Crippen LogP contribution in [0, 0.1) is 6.92 Å². The van der Waals surface area contributed by atoms with Crippen LogP contribution in [-0.4, -0.2) is 44.1 Å². The fourth-order valence-corrected chi connectivity index (χ4v) is 3.00. The summed E-state index contributed by atoms with van der Waals surface area (Å²) in [6.07, 6.45) is -1.20. The minimum Gasteiger partial charge on any atom is -0.443 e. The van der Waals surface area contributed by atoms with Crippen LogP contribution in [0.15, 0.2) is 29.2 Å². The lowest BCUT2D eigenvalue weighted by Gasteiger charge is -2.46. The highest BCUT2D eigenvalue weighted by molar-refractivity contribution is 7.90. The van der Waals surface area contributed by atoms with Crippen molar-refractivity contribution < 1.29 is 17.9 Å². The zero-order chi connectivity index (χ0) is 16.5. The summed E-state index contributed by atoms with van der Waals surface area (Å²) in [4.78, 5) is 13.9. The molecule has 1 heterocycles. The number of rotatable bonds is 3. The van der Waals surface area contributed by atoms with Crippen molar-refractivity contribution in [3.05, 3.63) is 29.8 Å². The fourth-order valence-electron chi connectivity index (χ4n) is 2.12. The molecule has 0 unspecified atom stereocenters. The summed E-state index contributed by atoms with van der Waals surface area (Å²) in [7, 11) is -3.89. The van der Waals surface area contributed by atoms with Crippen molar-refractivity contribution in [1.29, 1.82) is 0 Å². The lowest BCUT2D eigenvalue weighted by Crippen LogP contribution is -2.60. The van der Waals surface area contributed by atoms with E-state index >= 15 is 0 Å². The molecule has 1 aromatic carbocycles. The van der Waals surface area contributed by atoms with Gasteiger partial charge in [-0.1, -0.05) is 17.7 Å². The number of hydrogen-bond acceptors (Lipinski definition) is 5. The van der Waals surface area contributed by atoms with Crippen molar-refractivity contribution >= 4 is 16.1 Å². The Hall–Kier alpha value is -1.60. The van der Waals surface area contributed by atoms with E-state index in [9.17, 15) is 13.2 Å². The smallest absolute Gasteiger partial charge is 0.421 e. The van der Waals surface area contributed by atoms with E-state index in [4.69, 9.17) is 4.74 Å². The highest BCUT2D eigenvalue weighted by Gasteiger charge is 2.37. The molecule has 0 atom stereocenters. The van der Waals surface area contributed by atoms with Gasteiger partial charge in [0.2, 0.25) is 0 Å². The molecule has 1 aliphatic heterocycles. The molecule has 1 amide bonds. The molecule has 2 rings (SSSR count). The van der Waals surface area contributed by atoms with Crippen LogP contribution in [0.2, 0.25) is 0 Å². The number of nitrogens with one attached hydrogen (secondary N) is 1. The molecular weight excluding hydrogens is 304 g/mol. The van der Waals surface area contributed by atoms with E-state index in [2.05, 4.69) is 25.7 Å². The van der Waals surface area contributed by atoms with Gasteiger partial charge in [0.25, 0.3) is 10.0 Å². The van der Waals surface area contributed by atoms with Gasteiger partial charge in [0.1, 0.15) is 6.10 Å². The number of sulfonamides is 1. The van der Waals surface area contributed by atoms with Gasteiger partial charge in [-0.3, -0.25) is 4.90 Å². The number of nitrogens with zero attached hydrogens (tertiary/aromatic N) is 1. The monoisotopic (exact) mass is 326 g/mol. The van der Waals surface area contributed by atoms with E-state index in [0.717, 1.165) is 5.56 Å². The van der Waals surface area contributed by atoms with Crippen molar-refractivity contribution in [2.75, 3.05) is 13.1 Å². The highest BCUT2D eigenvalue weighted by Crippen LogP contribution is 2.23. The molecule has 122 valence electrons. The van der Waals surface area contributed by atoms with Gasteiger partial charge in [0.05, 0.1) is 4.90 Å². The molecule has 1 fully saturated rings. The largest absolute Gasteiger partial charge is 0.443 e. The molecule has 22 heavy (non-hydrogen) atoms. The zero-order valence-electron chi connectivity index (χ0n) is 13.3. The van der Waals surface area contributed by atoms with Gasteiger partial charge in [-0.05, 0) is 39.8 Å². The average Bonchev–Trinajstić information content (AvgIpc) is 2.31. The van der Waals surface area contributed by atoms with Gasteiger partial charge in [0.15, 0.2) is 0 Å². The minimum atomic E-state index is -3.89. The molecule has 0 radical (unpaired) electrons. The molecular formula is C15H22N2O4S. The second-order valence-electron chi connectivity index (χ2n) is 6.52. The number of benzene rings is 1. The third kappa shape index (κ3) is 3.98. The second-order valence-corrected chi connectivity index (χ2v) is 8.20. The molecule has 7 heteroatoms. The summed E-state index contributed by atoms with van der Waals surface area (Å²) >= 11 is 0. The maximum Gasteiger partial charge on any atom is 0.421 e. The van der Waals surface area contributed by atoms with Crippen LogP contribution in [0.4, 0.5) is 4.79 Å². The Morgan fingerprint density at radius 2 is 1.77 bits per heavy atom. The molecule has 0 bridgehead atoms. The topological polar surface area (TPSA) is 75.7 Å². The normalized spacial score (nSPS) is 16.9. The third-order valence-electron chi connectivity index (χ3n) is 3.62. The Bertz CT molecular complexity index is 641. The molecule has 1 saturated heterocycles. The predicted octanol–water partition coefficient (Wildman–Crippen LogP) is 1.89. The summed E-state index contributed by atoms with van der Waals surface area (Å²) in [5.74, 6) is 0. The number of aryl methyl sites for hydroxylation is 1. The van der Waals surface area contributed by atoms with E-state index < -0.39 is 16.1 Å². The first-order valence-corrected chi connectivity index (χ1v) is 8.61. The molecule has 1 aromatic rings. The zero-order valence-corrected chi connectivity index (χ0v) is 14.1. The van der Waals surface area contributed by atoms with Gasteiger partial charge in [0, 0.05) is 18.6 Å². The first-order valence-electron chi connectivity index (χ1n) is 7.13. The maximum absolute atomic E-state index is 12.0. The van der Waals surface area contributed by atoms with Crippen molar-refractivity contribution in [2.45, 2.75) is 44.2 Å². The van der Waals surface area contributed by atoms with E-state index in [1.165, 1.54) is 12.1 Å². The van der Waals surface area contributed by atoms with Crippen molar-refractivity contribution in [1.82, 2.24) is 9.62 Å². The number of ether oxygens (including phenoxy) is 1. The number of hydrogen-bond donors (Lipinski definition) is 1. The maximum atomic E-state index is 12.0. The SMILES string of the molecule is Cc1ccc(S(=O)(=O)NC(=O)OC2CN(C(C)(C)C)C2)cc1. The summed E-state index contributed by atoms with van der Waals surface area (Å²) in [6, 6.07) is 6.26. The van der Waals surface area contributed by atoms with Gasteiger partial charge in [-0.25, -0.2) is 17.9 Å². The van der Waals surface area contributed by atoms with Gasteiger partial charge in [-0.2, -0.15) is 0 Å². The molecule has 0 spiro atoms. The number of carbonyl (C=O) groups is 1. The fraction of sp³-hybridized carbons (Fsp3) is 0.533. The molecule has 0 saturated carbocycles. The van der Waals surface area contributed by atoms with Crippen LogP contribution in [0.1, 0.15) is 26.3 Å². The number of likely N-dealkylation sites (tertiary alicyclic amines) is 1. The van der Waals surface area contributed by atoms with Crippen molar-refractivity contribution in [3.63, 3.8) is 0 Å². The van der Waals surface area contributed by atoms with Gasteiger partial charge < -0.3 is 4.74 Å². The number of carbonyl (C=O) groups excluding carboxylic acids is 1. The van der Waals surface area contributed by atoms with E-state index in [1.54, 1.807) is 12.1 Å². The molecule has 0 aliphatic carbocycles. The molecule has 0 aromatic heterocycles. The van der Waals surface area contributed by atoms with Crippen LogP contribution >= 0.6 is 0 Å². The van der Waals surface area contributed by atoms with Crippen LogP contribution < -0.4 is 4.72 Å². The highest BCUT2D eigenvalue weighted by atomic mass is 32.2. The van der Waals surface area contributed by atoms with Crippen LogP contribution in [0.5, 0.6) is 0 Å². The number of amides is 1. The van der Waals surface area contributed by atoms with Gasteiger partial charge >= 0.3 is 6.09 Å². The first kappa shape index (κ1) is 16.8. The molecule has 1 aliphatic rings. The van der Waals surface area contributed by atoms with Crippen LogP contribution in [0.3, 0.4) is 0 Å². The molecule has 1 N–H and O–H groups in total. The van der Waals surface area contributed by atoms with Gasteiger partial charge in [-0.15, -0.1) is 0 Å².